The normalized spacial score (nSPS) is 11.7. The van der Waals surface area contributed by atoms with Crippen LogP contribution in [0.5, 0.6) is 0 Å². The Morgan fingerprint density at radius 2 is 0.815 bits per heavy atom. The Balaban J connectivity index is 1.09. The second-order valence-electron chi connectivity index (χ2n) is 13.7. The monoisotopic (exact) mass is 689 g/mol. The molecule has 0 bridgehead atoms. The molecule has 6 aromatic carbocycles. The van der Waals surface area contributed by atoms with Gasteiger partial charge in [-0.15, -0.1) is 0 Å². The Morgan fingerprint density at radius 1 is 0.315 bits per heavy atom. The lowest BCUT2D eigenvalue weighted by Gasteiger charge is -2.13. The summed E-state index contributed by atoms with van der Waals surface area (Å²) in [5.74, 6) is 0. The van der Waals surface area contributed by atoms with Crippen LogP contribution in [0.4, 0.5) is 0 Å². The van der Waals surface area contributed by atoms with Crippen molar-refractivity contribution in [1.82, 2.24) is 24.1 Å². The van der Waals surface area contributed by atoms with Gasteiger partial charge in [-0.1, -0.05) is 91.0 Å². The summed E-state index contributed by atoms with van der Waals surface area (Å²) in [5, 5.41) is 7.34. The van der Waals surface area contributed by atoms with Gasteiger partial charge in [0.05, 0.1) is 50.5 Å². The highest BCUT2D eigenvalue weighted by Gasteiger charge is 2.18. The summed E-state index contributed by atoms with van der Waals surface area (Å²) in [6.07, 6.45) is 3.62. The van der Waals surface area contributed by atoms with Crippen molar-refractivity contribution in [1.29, 1.82) is 0 Å². The molecule has 5 heteroatoms. The molecule has 11 rings (SSSR count). The lowest BCUT2D eigenvalue weighted by Crippen LogP contribution is -1.99. The van der Waals surface area contributed by atoms with Crippen LogP contribution in [0.15, 0.2) is 188 Å². The molecule has 0 aliphatic rings. The van der Waals surface area contributed by atoms with E-state index in [9.17, 15) is 0 Å². The van der Waals surface area contributed by atoms with E-state index in [-0.39, 0.29) is 0 Å². The first-order chi connectivity index (χ1) is 26.8. The Hall–Kier alpha value is -7.37. The van der Waals surface area contributed by atoms with Crippen LogP contribution in [0.25, 0.3) is 99.7 Å². The largest absolute Gasteiger partial charge is 0.309 e. The van der Waals surface area contributed by atoms with E-state index in [1.54, 1.807) is 0 Å². The van der Waals surface area contributed by atoms with E-state index >= 15 is 0 Å². The number of nitrogens with zero attached hydrogens (tertiary/aromatic N) is 5. The standard InChI is InChI=1S/C49H31N5/c1-2-12-33-27-36(22-19-32(33)11-1)53-46-17-5-3-13-38(46)40-28-34(20-23-48(40)53)35-21-24-49-41(29-35)39-14-4-6-18-47(39)54(49)37-30-44(42-15-7-9-25-50-42)52-45(31-37)43-16-8-10-26-51-43/h1-31H. The number of pyridine rings is 3. The smallest absolute Gasteiger partial charge is 0.0915 e. The van der Waals surface area contributed by atoms with E-state index in [2.05, 4.69) is 159 Å². The predicted molar refractivity (Wildman–Crippen MR) is 222 cm³/mol. The first-order valence-electron chi connectivity index (χ1n) is 18.2. The number of para-hydroxylation sites is 2. The number of fused-ring (bicyclic) bond motifs is 7. The van der Waals surface area contributed by atoms with E-state index in [1.165, 1.54) is 54.5 Å². The SMILES string of the molecule is c1ccc(-c2cc(-n3c4ccccc4c4cc(-c5ccc6c(c5)c5ccccc5n6-c5ccc6ccccc6c5)ccc43)cc(-c3ccccn3)n2)nc1. The number of hydrogen-bond donors (Lipinski definition) is 0. The quantitative estimate of drug-likeness (QED) is 0.181. The van der Waals surface area contributed by atoms with Crippen molar-refractivity contribution < 1.29 is 0 Å². The predicted octanol–water partition coefficient (Wildman–Crippen LogP) is 12.2. The first-order valence-corrected chi connectivity index (χ1v) is 18.2. The Kier molecular flexibility index (Phi) is 6.79. The van der Waals surface area contributed by atoms with Crippen molar-refractivity contribution in [2.45, 2.75) is 0 Å². The van der Waals surface area contributed by atoms with Gasteiger partial charge in [-0.25, -0.2) is 4.98 Å². The zero-order valence-electron chi connectivity index (χ0n) is 29.1. The molecule has 252 valence electrons. The second kappa shape index (κ2) is 12.1. The van der Waals surface area contributed by atoms with Gasteiger partial charge in [-0.2, -0.15) is 0 Å². The minimum Gasteiger partial charge on any atom is -0.309 e. The fourth-order valence-corrected chi connectivity index (χ4v) is 8.11. The van der Waals surface area contributed by atoms with Gasteiger partial charge in [0.2, 0.25) is 0 Å². The third-order valence-corrected chi connectivity index (χ3v) is 10.6. The number of hydrogen-bond acceptors (Lipinski definition) is 3. The molecule has 0 fully saturated rings. The molecule has 0 aliphatic heterocycles. The van der Waals surface area contributed by atoms with Crippen molar-refractivity contribution in [3.63, 3.8) is 0 Å². The van der Waals surface area contributed by atoms with Gasteiger partial charge in [0.15, 0.2) is 0 Å². The maximum absolute atomic E-state index is 5.04. The van der Waals surface area contributed by atoms with E-state index in [0.29, 0.717) is 0 Å². The third-order valence-electron chi connectivity index (χ3n) is 10.6. The summed E-state index contributed by atoms with van der Waals surface area (Å²) in [6.45, 7) is 0. The minimum absolute atomic E-state index is 0.799. The van der Waals surface area contributed by atoms with Crippen LogP contribution < -0.4 is 0 Å². The van der Waals surface area contributed by atoms with Gasteiger partial charge >= 0.3 is 0 Å². The maximum atomic E-state index is 5.04. The van der Waals surface area contributed by atoms with Crippen LogP contribution >= 0.6 is 0 Å². The van der Waals surface area contributed by atoms with Crippen molar-refractivity contribution in [3.05, 3.63) is 188 Å². The highest BCUT2D eigenvalue weighted by molar-refractivity contribution is 6.13. The third kappa shape index (κ3) is 4.83. The Labute approximate surface area is 311 Å². The average molecular weight is 690 g/mol. The van der Waals surface area contributed by atoms with Gasteiger partial charge in [0.25, 0.3) is 0 Å². The highest BCUT2D eigenvalue weighted by Crippen LogP contribution is 2.39. The van der Waals surface area contributed by atoms with Gasteiger partial charge in [0, 0.05) is 39.6 Å². The molecule has 0 aliphatic carbocycles. The van der Waals surface area contributed by atoms with Crippen LogP contribution in [-0.2, 0) is 0 Å². The average Bonchev–Trinajstić information content (AvgIpc) is 3.76. The van der Waals surface area contributed by atoms with Crippen LogP contribution in [0.1, 0.15) is 0 Å². The van der Waals surface area contributed by atoms with E-state index in [0.717, 1.165) is 45.2 Å². The molecule has 54 heavy (non-hydrogen) atoms. The van der Waals surface area contributed by atoms with Crippen LogP contribution in [0.2, 0.25) is 0 Å². The van der Waals surface area contributed by atoms with Crippen LogP contribution in [-0.4, -0.2) is 24.1 Å². The molecule has 11 aromatic rings. The molecule has 0 unspecified atom stereocenters. The maximum Gasteiger partial charge on any atom is 0.0915 e. The molecular weight excluding hydrogens is 659 g/mol. The molecule has 0 amide bonds. The first kappa shape index (κ1) is 30.3. The lowest BCUT2D eigenvalue weighted by molar-refractivity contribution is 1.14. The molecule has 0 N–H and O–H groups in total. The summed E-state index contributed by atoms with van der Waals surface area (Å²) in [4.78, 5) is 14.3. The highest BCUT2D eigenvalue weighted by atomic mass is 15.0. The Morgan fingerprint density at radius 3 is 1.39 bits per heavy atom. The number of benzene rings is 6. The zero-order valence-corrected chi connectivity index (χ0v) is 29.1. The molecule has 5 aromatic heterocycles. The molecule has 0 atom stereocenters. The zero-order chi connectivity index (χ0) is 35.6. The number of rotatable bonds is 5. The molecular formula is C49H31N5. The number of aromatic nitrogens is 5. The fourth-order valence-electron chi connectivity index (χ4n) is 8.11. The minimum atomic E-state index is 0.799. The summed E-state index contributed by atoms with van der Waals surface area (Å²) in [7, 11) is 0. The van der Waals surface area contributed by atoms with Crippen molar-refractivity contribution in [2.24, 2.45) is 0 Å². The summed E-state index contributed by atoms with van der Waals surface area (Å²) >= 11 is 0. The van der Waals surface area contributed by atoms with Crippen molar-refractivity contribution in [3.8, 4) is 45.3 Å². The van der Waals surface area contributed by atoms with Crippen molar-refractivity contribution >= 4 is 54.4 Å². The Bertz CT molecular complexity index is 3160. The molecule has 0 saturated carbocycles. The second-order valence-corrected chi connectivity index (χ2v) is 13.7. The summed E-state index contributed by atoms with van der Waals surface area (Å²) in [5.41, 5.74) is 12.4. The molecule has 0 radical (unpaired) electrons. The molecule has 5 heterocycles. The van der Waals surface area contributed by atoms with Gasteiger partial charge in [0.1, 0.15) is 0 Å². The molecule has 0 saturated heterocycles. The van der Waals surface area contributed by atoms with Gasteiger partial charge in [-0.3, -0.25) is 9.97 Å². The summed E-state index contributed by atoms with van der Waals surface area (Å²) in [6, 6.07) is 62.6. The molecule has 0 spiro atoms. The summed E-state index contributed by atoms with van der Waals surface area (Å²) < 4.78 is 4.74. The fraction of sp³-hybridized carbons (Fsp3) is 0. The van der Waals surface area contributed by atoms with E-state index in [4.69, 9.17) is 4.98 Å². The lowest BCUT2D eigenvalue weighted by atomic mass is 10.0. The van der Waals surface area contributed by atoms with E-state index < -0.39 is 0 Å². The van der Waals surface area contributed by atoms with Gasteiger partial charge < -0.3 is 9.13 Å². The topological polar surface area (TPSA) is 48.5 Å². The van der Waals surface area contributed by atoms with E-state index in [1.807, 2.05) is 48.8 Å². The van der Waals surface area contributed by atoms with Gasteiger partial charge in [-0.05, 0) is 107 Å². The van der Waals surface area contributed by atoms with Crippen LogP contribution in [0.3, 0.4) is 0 Å². The van der Waals surface area contributed by atoms with Crippen LogP contribution in [0, 0.1) is 0 Å². The van der Waals surface area contributed by atoms with Crippen molar-refractivity contribution in [2.75, 3.05) is 0 Å². The molecule has 5 nitrogen and oxygen atoms in total.